The minimum Gasteiger partial charge on any atom is -0.356 e. The number of halogens is 2. The van der Waals surface area contributed by atoms with E-state index in [9.17, 15) is 4.39 Å². The van der Waals surface area contributed by atoms with Crippen LogP contribution in [-0.4, -0.2) is 68.2 Å². The zero-order chi connectivity index (χ0) is 18.4. The van der Waals surface area contributed by atoms with E-state index < -0.39 is 0 Å². The number of likely N-dealkylation sites (tertiary alicyclic amines) is 1. The lowest BCUT2D eigenvalue weighted by Gasteiger charge is -2.21. The maximum absolute atomic E-state index is 13.9. The van der Waals surface area contributed by atoms with Gasteiger partial charge >= 0.3 is 0 Å². The Hall–Kier alpha value is -1.16. The zero-order valence-electron chi connectivity index (χ0n) is 16.3. The molecule has 0 saturated carbocycles. The number of aliphatic imine (C=N–C) groups is 1. The molecular weight excluding hydrogens is 458 g/mol. The third-order valence-electron chi connectivity index (χ3n) is 5.26. The standard InChI is InChI=1S/C19H31FN6.HI/c1-3-9-25-10-6-15(13-25)12-23-19(21-2)24-16-7-11-26(14-16)18-17(20)5-4-8-22-18;/h4-5,8,15-16H,3,6-7,9-14H2,1-2H3,(H2,21,23,24);1H. The van der Waals surface area contributed by atoms with Crippen LogP contribution in [-0.2, 0) is 0 Å². The maximum Gasteiger partial charge on any atom is 0.191 e. The molecule has 2 aliphatic rings. The van der Waals surface area contributed by atoms with Crippen molar-refractivity contribution in [2.75, 3.05) is 51.2 Å². The Labute approximate surface area is 179 Å². The van der Waals surface area contributed by atoms with Crippen LogP contribution in [0.15, 0.2) is 23.3 Å². The van der Waals surface area contributed by atoms with Crippen molar-refractivity contribution >= 4 is 35.8 Å². The van der Waals surface area contributed by atoms with E-state index >= 15 is 0 Å². The molecule has 0 bridgehead atoms. The molecule has 27 heavy (non-hydrogen) atoms. The Morgan fingerprint density at radius 1 is 1.33 bits per heavy atom. The van der Waals surface area contributed by atoms with Gasteiger partial charge < -0.3 is 20.4 Å². The van der Waals surface area contributed by atoms with Gasteiger partial charge in [0.25, 0.3) is 0 Å². The summed E-state index contributed by atoms with van der Waals surface area (Å²) in [6.07, 6.45) is 5.06. The molecule has 2 unspecified atom stereocenters. The predicted octanol–water partition coefficient (Wildman–Crippen LogP) is 2.31. The van der Waals surface area contributed by atoms with Gasteiger partial charge in [0.05, 0.1) is 0 Å². The van der Waals surface area contributed by atoms with Crippen LogP contribution in [0.5, 0.6) is 0 Å². The summed E-state index contributed by atoms with van der Waals surface area (Å²) in [6.45, 7) is 8.31. The van der Waals surface area contributed by atoms with Crippen molar-refractivity contribution in [2.45, 2.75) is 32.2 Å². The van der Waals surface area contributed by atoms with E-state index in [0.29, 0.717) is 11.7 Å². The molecule has 1 aromatic heterocycles. The molecule has 0 aromatic carbocycles. The molecular formula is C19H32FIN6. The highest BCUT2D eigenvalue weighted by atomic mass is 127. The Morgan fingerprint density at radius 3 is 2.93 bits per heavy atom. The van der Waals surface area contributed by atoms with Crippen molar-refractivity contribution in [3.05, 3.63) is 24.1 Å². The lowest BCUT2D eigenvalue weighted by atomic mass is 10.1. The first-order valence-electron chi connectivity index (χ1n) is 9.74. The normalized spacial score (nSPS) is 23.4. The number of guanidine groups is 1. The van der Waals surface area contributed by atoms with E-state index in [1.54, 1.807) is 19.3 Å². The van der Waals surface area contributed by atoms with Crippen molar-refractivity contribution < 1.29 is 4.39 Å². The minimum absolute atomic E-state index is 0. The number of aromatic nitrogens is 1. The number of anilines is 1. The van der Waals surface area contributed by atoms with Gasteiger partial charge in [0.15, 0.2) is 17.6 Å². The summed E-state index contributed by atoms with van der Waals surface area (Å²) in [7, 11) is 1.80. The summed E-state index contributed by atoms with van der Waals surface area (Å²) < 4.78 is 13.9. The molecule has 152 valence electrons. The van der Waals surface area contributed by atoms with E-state index in [1.165, 1.54) is 38.5 Å². The zero-order valence-corrected chi connectivity index (χ0v) is 18.7. The smallest absolute Gasteiger partial charge is 0.191 e. The molecule has 3 heterocycles. The van der Waals surface area contributed by atoms with E-state index in [2.05, 4.69) is 32.4 Å². The molecule has 2 N–H and O–H groups in total. The number of rotatable bonds is 6. The first-order chi connectivity index (χ1) is 12.7. The van der Waals surface area contributed by atoms with Crippen LogP contribution in [0.2, 0.25) is 0 Å². The second kappa shape index (κ2) is 11.0. The molecule has 8 heteroatoms. The Bertz CT molecular complexity index is 614. The Balaban J connectivity index is 0.00000261. The minimum atomic E-state index is -0.256. The summed E-state index contributed by atoms with van der Waals surface area (Å²) in [4.78, 5) is 13.1. The van der Waals surface area contributed by atoms with Gasteiger partial charge in [-0.05, 0) is 50.4 Å². The quantitative estimate of drug-likeness (QED) is 0.364. The topological polar surface area (TPSA) is 55.8 Å². The fraction of sp³-hybridized carbons (Fsp3) is 0.684. The Morgan fingerprint density at radius 2 is 2.19 bits per heavy atom. The second-order valence-corrected chi connectivity index (χ2v) is 7.29. The van der Waals surface area contributed by atoms with Crippen LogP contribution < -0.4 is 15.5 Å². The van der Waals surface area contributed by atoms with Gasteiger partial charge in [-0.15, -0.1) is 24.0 Å². The summed E-state index contributed by atoms with van der Waals surface area (Å²) in [5, 5.41) is 6.95. The van der Waals surface area contributed by atoms with Gasteiger partial charge in [-0.2, -0.15) is 0 Å². The second-order valence-electron chi connectivity index (χ2n) is 7.29. The van der Waals surface area contributed by atoms with E-state index in [4.69, 9.17) is 0 Å². The molecule has 0 spiro atoms. The molecule has 2 atom stereocenters. The first kappa shape index (κ1) is 22.1. The number of nitrogens with zero attached hydrogens (tertiary/aromatic N) is 4. The molecule has 0 radical (unpaired) electrons. The molecule has 1 aromatic rings. The fourth-order valence-electron chi connectivity index (χ4n) is 3.91. The van der Waals surface area contributed by atoms with Gasteiger partial charge in [-0.25, -0.2) is 9.37 Å². The number of pyridine rings is 1. The first-order valence-corrected chi connectivity index (χ1v) is 9.74. The van der Waals surface area contributed by atoms with Gasteiger partial charge in [-0.3, -0.25) is 4.99 Å². The van der Waals surface area contributed by atoms with Crippen LogP contribution in [0.25, 0.3) is 0 Å². The average molecular weight is 490 g/mol. The van der Waals surface area contributed by atoms with E-state index in [0.717, 1.165) is 32.0 Å². The largest absolute Gasteiger partial charge is 0.356 e. The predicted molar refractivity (Wildman–Crippen MR) is 120 cm³/mol. The van der Waals surface area contributed by atoms with Crippen molar-refractivity contribution in [1.29, 1.82) is 0 Å². The summed E-state index contributed by atoms with van der Waals surface area (Å²) in [5.74, 6) is 1.71. The maximum atomic E-state index is 13.9. The molecule has 2 saturated heterocycles. The van der Waals surface area contributed by atoms with Gasteiger partial charge in [0, 0.05) is 45.5 Å². The summed E-state index contributed by atoms with van der Waals surface area (Å²) in [6, 6.07) is 3.34. The van der Waals surface area contributed by atoms with Crippen LogP contribution in [0, 0.1) is 11.7 Å². The molecule has 3 rings (SSSR count). The number of hydrogen-bond donors (Lipinski definition) is 2. The van der Waals surface area contributed by atoms with Gasteiger partial charge in [0.1, 0.15) is 0 Å². The highest BCUT2D eigenvalue weighted by Crippen LogP contribution is 2.20. The molecule has 2 fully saturated rings. The fourth-order valence-corrected chi connectivity index (χ4v) is 3.91. The third-order valence-corrected chi connectivity index (χ3v) is 5.26. The molecule has 2 aliphatic heterocycles. The SMILES string of the molecule is CCCN1CCC(CNC(=NC)NC2CCN(c3ncccc3F)C2)C1.I. The van der Waals surface area contributed by atoms with Crippen molar-refractivity contribution in [1.82, 2.24) is 20.5 Å². The molecule has 0 amide bonds. The van der Waals surface area contributed by atoms with Crippen molar-refractivity contribution in [2.24, 2.45) is 10.9 Å². The summed E-state index contributed by atoms with van der Waals surface area (Å²) >= 11 is 0. The lowest BCUT2D eigenvalue weighted by Crippen LogP contribution is -2.46. The lowest BCUT2D eigenvalue weighted by molar-refractivity contribution is 0.324. The van der Waals surface area contributed by atoms with Gasteiger partial charge in [-0.1, -0.05) is 6.92 Å². The number of hydrogen-bond acceptors (Lipinski definition) is 4. The van der Waals surface area contributed by atoms with Crippen molar-refractivity contribution in [3.8, 4) is 0 Å². The average Bonchev–Trinajstić information content (AvgIpc) is 3.29. The highest BCUT2D eigenvalue weighted by molar-refractivity contribution is 14.0. The number of nitrogens with one attached hydrogen (secondary N) is 2. The Kier molecular flexibility index (Phi) is 9.01. The van der Waals surface area contributed by atoms with Gasteiger partial charge in [0.2, 0.25) is 0 Å². The van der Waals surface area contributed by atoms with Crippen LogP contribution in [0.1, 0.15) is 26.2 Å². The monoisotopic (exact) mass is 490 g/mol. The highest BCUT2D eigenvalue weighted by Gasteiger charge is 2.26. The third kappa shape index (κ3) is 6.17. The van der Waals surface area contributed by atoms with Crippen molar-refractivity contribution in [3.63, 3.8) is 0 Å². The summed E-state index contributed by atoms with van der Waals surface area (Å²) in [5.41, 5.74) is 0. The molecule has 6 nitrogen and oxygen atoms in total. The van der Waals surface area contributed by atoms with Crippen LogP contribution in [0.3, 0.4) is 0 Å². The van der Waals surface area contributed by atoms with Crippen LogP contribution in [0.4, 0.5) is 10.2 Å². The van der Waals surface area contributed by atoms with E-state index in [-0.39, 0.29) is 35.8 Å². The van der Waals surface area contributed by atoms with E-state index in [1.807, 2.05) is 4.90 Å². The molecule has 0 aliphatic carbocycles. The van der Waals surface area contributed by atoms with Crippen LogP contribution >= 0.6 is 24.0 Å².